The molecule has 3 aromatic rings. The second kappa shape index (κ2) is 12.7. The van der Waals surface area contributed by atoms with E-state index in [2.05, 4.69) is 30.9 Å². The van der Waals surface area contributed by atoms with Crippen LogP contribution < -0.4 is 16.0 Å². The van der Waals surface area contributed by atoms with Crippen molar-refractivity contribution in [1.29, 1.82) is 0 Å². The summed E-state index contributed by atoms with van der Waals surface area (Å²) in [4.78, 5) is 26.7. The number of halogens is 3. The van der Waals surface area contributed by atoms with Gasteiger partial charge in [-0.3, -0.25) is 9.36 Å². The van der Waals surface area contributed by atoms with Crippen LogP contribution in [0.15, 0.2) is 49.1 Å². The summed E-state index contributed by atoms with van der Waals surface area (Å²) in [5.41, 5.74) is -0.193. The van der Waals surface area contributed by atoms with Crippen molar-refractivity contribution in [3.05, 3.63) is 60.2 Å². The van der Waals surface area contributed by atoms with E-state index >= 15 is 0 Å². The fraction of sp³-hybridized carbons (Fsp3) is 0.500. The Balaban J connectivity index is 1.35. The summed E-state index contributed by atoms with van der Waals surface area (Å²) < 4.78 is 64.5. The number of imidazole rings is 1. The lowest BCUT2D eigenvalue weighted by Gasteiger charge is -2.27. The molecule has 1 amide bonds. The average Bonchev–Trinajstić information content (AvgIpc) is 3.61. The molecular formula is C28H34F3N7O3S. The number of hydrogen-bond acceptors (Lipinski definition) is 8. The lowest BCUT2D eigenvalue weighted by atomic mass is 9.84. The Bertz CT molecular complexity index is 1460. The van der Waals surface area contributed by atoms with Gasteiger partial charge in [0.2, 0.25) is 11.9 Å². The van der Waals surface area contributed by atoms with Gasteiger partial charge in [-0.1, -0.05) is 44.2 Å². The van der Waals surface area contributed by atoms with Crippen LogP contribution in [0.5, 0.6) is 0 Å². The number of rotatable bonds is 10. The van der Waals surface area contributed by atoms with Gasteiger partial charge in [-0.25, -0.2) is 13.4 Å². The molecular weight excluding hydrogens is 571 g/mol. The molecule has 1 aromatic carbocycles. The van der Waals surface area contributed by atoms with Crippen LogP contribution in [-0.4, -0.2) is 57.4 Å². The van der Waals surface area contributed by atoms with Crippen molar-refractivity contribution in [3.8, 4) is 5.82 Å². The number of amides is 1. The van der Waals surface area contributed by atoms with Crippen LogP contribution in [0.3, 0.4) is 0 Å². The zero-order chi connectivity index (χ0) is 29.7. The van der Waals surface area contributed by atoms with E-state index in [-0.39, 0.29) is 35.9 Å². The number of carbonyl (C=O) groups excluding carboxylic acids is 1. The highest BCUT2D eigenvalue weighted by atomic mass is 32.2. The number of anilines is 2. The Labute approximate surface area is 242 Å². The van der Waals surface area contributed by atoms with Gasteiger partial charge in [0.15, 0.2) is 9.84 Å². The fourth-order valence-electron chi connectivity index (χ4n) is 5.48. The summed E-state index contributed by atoms with van der Waals surface area (Å²) in [7, 11) is -3.12. The predicted molar refractivity (Wildman–Crippen MR) is 152 cm³/mol. The first-order valence-electron chi connectivity index (χ1n) is 14.1. The van der Waals surface area contributed by atoms with Crippen LogP contribution >= 0.6 is 0 Å². The van der Waals surface area contributed by atoms with Crippen molar-refractivity contribution in [2.75, 3.05) is 22.1 Å². The number of sulfone groups is 1. The zero-order valence-corrected chi connectivity index (χ0v) is 23.8. The molecule has 0 spiro atoms. The Morgan fingerprint density at radius 2 is 1.83 bits per heavy atom. The van der Waals surface area contributed by atoms with Gasteiger partial charge in [-0.2, -0.15) is 23.1 Å². The van der Waals surface area contributed by atoms with Crippen molar-refractivity contribution in [3.63, 3.8) is 0 Å². The smallest absolute Gasteiger partial charge is 0.358 e. The SMILES string of the molecule is O=C(NCc1ccc(C(F)(F)F)cc1)C(CC1CCCCC1)Nc1cc(-n2ccnc2)nc(NC2CCS(=O)(=O)C2)n1. The van der Waals surface area contributed by atoms with Crippen LogP contribution in [0.25, 0.3) is 5.82 Å². The number of benzene rings is 1. The van der Waals surface area contributed by atoms with Crippen LogP contribution in [0.1, 0.15) is 56.1 Å². The molecule has 5 rings (SSSR count). The molecule has 3 heterocycles. The number of alkyl halides is 3. The number of hydrogen-bond donors (Lipinski definition) is 3. The summed E-state index contributed by atoms with van der Waals surface area (Å²) in [6.07, 6.45) is 6.86. The van der Waals surface area contributed by atoms with Gasteiger partial charge >= 0.3 is 6.18 Å². The molecule has 1 aliphatic heterocycles. The van der Waals surface area contributed by atoms with E-state index in [1.807, 2.05) is 0 Å². The molecule has 2 aliphatic rings. The highest BCUT2D eigenvalue weighted by Crippen LogP contribution is 2.30. The lowest BCUT2D eigenvalue weighted by Crippen LogP contribution is -2.41. The van der Waals surface area contributed by atoms with E-state index in [1.54, 1.807) is 29.4 Å². The quantitative estimate of drug-likeness (QED) is 0.311. The van der Waals surface area contributed by atoms with Gasteiger partial charge in [0.05, 0.1) is 17.1 Å². The first-order chi connectivity index (χ1) is 20.0. The molecule has 14 heteroatoms. The van der Waals surface area contributed by atoms with Crippen molar-refractivity contribution in [2.45, 2.75) is 69.8 Å². The van der Waals surface area contributed by atoms with Crippen LogP contribution in [0.4, 0.5) is 24.9 Å². The largest absolute Gasteiger partial charge is 0.416 e. The molecule has 2 aromatic heterocycles. The Morgan fingerprint density at radius 1 is 1.07 bits per heavy atom. The molecule has 1 saturated heterocycles. The number of carbonyl (C=O) groups is 1. The molecule has 2 fully saturated rings. The molecule has 2 atom stereocenters. The minimum absolute atomic E-state index is 0.00884. The fourth-order valence-corrected chi connectivity index (χ4v) is 7.15. The third kappa shape index (κ3) is 7.99. The second-order valence-electron chi connectivity index (χ2n) is 11.0. The summed E-state index contributed by atoms with van der Waals surface area (Å²) in [6, 6.07) is 5.42. The maximum atomic E-state index is 13.5. The molecule has 2 unspecified atom stereocenters. The van der Waals surface area contributed by atoms with E-state index in [4.69, 9.17) is 0 Å². The van der Waals surface area contributed by atoms with E-state index < -0.39 is 27.6 Å². The standard InChI is InChI=1S/C28H34F3N7O3S/c29-28(30,31)21-8-6-20(7-9-21)16-33-26(39)23(14-19-4-2-1-3-5-19)35-24-15-25(38-12-11-32-18-38)37-27(36-24)34-22-10-13-42(40,41)17-22/h6-9,11-12,15,18-19,22-23H,1-5,10,13-14,16-17H2,(H,33,39)(H2,34,35,36,37). The van der Waals surface area contributed by atoms with E-state index in [9.17, 15) is 26.4 Å². The molecule has 1 aliphatic carbocycles. The lowest BCUT2D eigenvalue weighted by molar-refractivity contribution is -0.137. The Morgan fingerprint density at radius 3 is 2.48 bits per heavy atom. The van der Waals surface area contributed by atoms with Crippen LogP contribution in [0.2, 0.25) is 0 Å². The minimum atomic E-state index is -4.43. The molecule has 226 valence electrons. The molecule has 0 bridgehead atoms. The van der Waals surface area contributed by atoms with Crippen LogP contribution in [-0.2, 0) is 27.4 Å². The normalized spacial score (nSPS) is 19.7. The van der Waals surface area contributed by atoms with Crippen molar-refractivity contribution < 1.29 is 26.4 Å². The molecule has 42 heavy (non-hydrogen) atoms. The molecule has 1 saturated carbocycles. The number of nitrogens with one attached hydrogen (secondary N) is 3. The van der Waals surface area contributed by atoms with Crippen molar-refractivity contribution in [2.24, 2.45) is 5.92 Å². The third-order valence-corrected chi connectivity index (χ3v) is 9.50. The number of aromatic nitrogens is 4. The molecule has 10 nitrogen and oxygen atoms in total. The average molecular weight is 606 g/mol. The zero-order valence-electron chi connectivity index (χ0n) is 23.0. The summed E-state index contributed by atoms with van der Waals surface area (Å²) in [5, 5.41) is 9.27. The van der Waals surface area contributed by atoms with Gasteiger partial charge in [0.25, 0.3) is 0 Å². The summed E-state index contributed by atoms with van der Waals surface area (Å²) >= 11 is 0. The maximum absolute atomic E-state index is 13.5. The van der Waals surface area contributed by atoms with Crippen molar-refractivity contribution >= 4 is 27.5 Å². The van der Waals surface area contributed by atoms with Crippen molar-refractivity contribution in [1.82, 2.24) is 24.8 Å². The minimum Gasteiger partial charge on any atom is -0.358 e. The summed E-state index contributed by atoms with van der Waals surface area (Å²) in [6.45, 7) is 0.0762. The van der Waals surface area contributed by atoms with Gasteiger partial charge in [-0.15, -0.1) is 0 Å². The van der Waals surface area contributed by atoms with E-state index in [0.29, 0.717) is 36.0 Å². The number of nitrogens with zero attached hydrogens (tertiary/aromatic N) is 4. The Kier molecular flexibility index (Phi) is 8.99. The van der Waals surface area contributed by atoms with Gasteiger partial charge in [0, 0.05) is 31.0 Å². The highest BCUT2D eigenvalue weighted by molar-refractivity contribution is 7.91. The molecule has 3 N–H and O–H groups in total. The van der Waals surface area contributed by atoms with Gasteiger partial charge in [-0.05, 0) is 36.5 Å². The monoisotopic (exact) mass is 605 g/mol. The highest BCUT2D eigenvalue weighted by Gasteiger charge is 2.31. The third-order valence-electron chi connectivity index (χ3n) is 7.73. The molecule has 0 radical (unpaired) electrons. The first kappa shape index (κ1) is 29.8. The van der Waals surface area contributed by atoms with E-state index in [1.165, 1.54) is 18.6 Å². The summed E-state index contributed by atoms with van der Waals surface area (Å²) in [5.74, 6) is 1.22. The topological polar surface area (TPSA) is 131 Å². The van der Waals surface area contributed by atoms with Gasteiger partial charge < -0.3 is 16.0 Å². The Hall–Kier alpha value is -3.68. The van der Waals surface area contributed by atoms with Gasteiger partial charge in [0.1, 0.15) is 24.0 Å². The maximum Gasteiger partial charge on any atom is 0.416 e. The van der Waals surface area contributed by atoms with E-state index in [0.717, 1.165) is 37.8 Å². The predicted octanol–water partition coefficient (Wildman–Crippen LogP) is 4.35. The first-order valence-corrected chi connectivity index (χ1v) is 15.9. The van der Waals surface area contributed by atoms with Crippen LogP contribution in [0, 0.1) is 5.92 Å². The second-order valence-corrected chi connectivity index (χ2v) is 13.2.